The van der Waals surface area contributed by atoms with E-state index in [-0.39, 0.29) is 12.5 Å². The molecule has 4 rings (SSSR count). The van der Waals surface area contributed by atoms with Crippen molar-refractivity contribution in [2.24, 2.45) is 0 Å². The van der Waals surface area contributed by atoms with E-state index in [1.165, 1.54) is 0 Å². The van der Waals surface area contributed by atoms with Gasteiger partial charge in [-0.15, -0.1) is 0 Å². The maximum atomic E-state index is 12.5. The fourth-order valence-corrected chi connectivity index (χ4v) is 2.93. The Kier molecular flexibility index (Phi) is 4.16. The number of hydrogen-bond donors (Lipinski definition) is 1. The number of carbonyl (C=O) groups excluding carboxylic acids is 1. The molecular weight excluding hydrogens is 318 g/mol. The van der Waals surface area contributed by atoms with E-state index in [2.05, 4.69) is 15.3 Å². The number of ether oxygens (including phenoxy) is 1. The zero-order valence-corrected chi connectivity index (χ0v) is 13.5. The number of amides is 1. The van der Waals surface area contributed by atoms with Gasteiger partial charge in [-0.25, -0.2) is 0 Å². The van der Waals surface area contributed by atoms with Crippen molar-refractivity contribution < 1.29 is 13.9 Å². The number of hydrogen-bond acceptors (Lipinski definition) is 5. The van der Waals surface area contributed by atoms with Gasteiger partial charge in [0.1, 0.15) is 5.75 Å². The van der Waals surface area contributed by atoms with E-state index in [0.29, 0.717) is 17.8 Å². The first-order valence-electron chi connectivity index (χ1n) is 8.16. The normalized spacial score (nSPS) is 15.9. The summed E-state index contributed by atoms with van der Waals surface area (Å²) in [5.74, 6) is 0.644. The number of aryl methyl sites for hydroxylation is 1. The summed E-state index contributed by atoms with van der Waals surface area (Å²) in [7, 11) is 0. The Hall–Kier alpha value is -3.15. The number of nitrogens with zero attached hydrogens (tertiary/aromatic N) is 2. The van der Waals surface area contributed by atoms with Crippen molar-refractivity contribution in [3.05, 3.63) is 66.5 Å². The van der Waals surface area contributed by atoms with Crippen molar-refractivity contribution in [2.45, 2.75) is 25.5 Å². The van der Waals surface area contributed by atoms with Crippen molar-refractivity contribution in [3.63, 3.8) is 0 Å². The predicted octanol–water partition coefficient (Wildman–Crippen LogP) is 2.75. The average Bonchev–Trinajstić information content (AvgIpc) is 3.20. The van der Waals surface area contributed by atoms with Crippen molar-refractivity contribution in [1.29, 1.82) is 0 Å². The fraction of sp³-hybridized carbons (Fsp3) is 0.211. The lowest BCUT2D eigenvalue weighted by atomic mass is 10.0. The minimum absolute atomic E-state index is 0.140. The second kappa shape index (κ2) is 6.76. The van der Waals surface area contributed by atoms with Gasteiger partial charge in [0, 0.05) is 18.0 Å². The number of rotatable bonds is 4. The lowest BCUT2D eigenvalue weighted by Crippen LogP contribution is -2.40. The Balaban J connectivity index is 1.44. The van der Waals surface area contributed by atoms with Crippen LogP contribution in [0.4, 0.5) is 0 Å². The zero-order valence-electron chi connectivity index (χ0n) is 13.5. The molecule has 1 amide bonds. The highest BCUT2D eigenvalue weighted by atomic mass is 16.5. The van der Waals surface area contributed by atoms with Crippen LogP contribution in [0.5, 0.6) is 5.75 Å². The van der Waals surface area contributed by atoms with Crippen LogP contribution >= 0.6 is 0 Å². The summed E-state index contributed by atoms with van der Waals surface area (Å²) < 4.78 is 10.9. The van der Waals surface area contributed by atoms with Gasteiger partial charge in [0.15, 0.2) is 6.10 Å². The van der Waals surface area contributed by atoms with Crippen LogP contribution < -0.4 is 10.1 Å². The lowest BCUT2D eigenvalue weighted by Gasteiger charge is -2.25. The molecule has 3 heterocycles. The molecule has 1 atom stereocenters. The third kappa shape index (κ3) is 3.24. The second-order valence-electron chi connectivity index (χ2n) is 5.83. The fourth-order valence-electron chi connectivity index (χ4n) is 2.93. The van der Waals surface area contributed by atoms with Gasteiger partial charge in [-0.05, 0) is 30.5 Å². The summed E-state index contributed by atoms with van der Waals surface area (Å²) in [6, 6.07) is 9.63. The summed E-state index contributed by atoms with van der Waals surface area (Å²) in [4.78, 5) is 21.1. The van der Waals surface area contributed by atoms with Crippen LogP contribution in [0, 0.1) is 0 Å². The molecule has 0 bridgehead atoms. The monoisotopic (exact) mass is 335 g/mol. The van der Waals surface area contributed by atoms with Crippen LogP contribution in [-0.2, 0) is 17.8 Å². The number of nitrogens with one attached hydrogen (secondary N) is 1. The van der Waals surface area contributed by atoms with E-state index in [9.17, 15) is 4.79 Å². The second-order valence-corrected chi connectivity index (χ2v) is 5.83. The standard InChI is InChI=1S/C19H17N3O3/c23-19(17-6-5-13-3-1-2-4-16(13)25-17)22-11-15-18(21-9-8-20-15)14-7-10-24-12-14/h1-4,7-10,12,17H,5-6,11H2,(H,22,23)/t17-/m0/s1. The third-order valence-corrected chi connectivity index (χ3v) is 4.21. The summed E-state index contributed by atoms with van der Waals surface area (Å²) in [6.07, 6.45) is 7.44. The molecule has 0 spiro atoms. The highest BCUT2D eigenvalue weighted by Gasteiger charge is 2.26. The van der Waals surface area contributed by atoms with Crippen LogP contribution in [0.15, 0.2) is 59.7 Å². The highest BCUT2D eigenvalue weighted by Crippen LogP contribution is 2.27. The first-order valence-corrected chi connectivity index (χ1v) is 8.16. The smallest absolute Gasteiger partial charge is 0.261 e. The number of para-hydroxylation sites is 1. The summed E-state index contributed by atoms with van der Waals surface area (Å²) in [6.45, 7) is 0.286. The Morgan fingerprint density at radius 2 is 2.08 bits per heavy atom. The van der Waals surface area contributed by atoms with Gasteiger partial charge >= 0.3 is 0 Å². The lowest BCUT2D eigenvalue weighted by molar-refractivity contribution is -0.128. The molecule has 2 aromatic heterocycles. The molecule has 0 saturated carbocycles. The molecule has 1 N–H and O–H groups in total. The molecule has 0 unspecified atom stereocenters. The highest BCUT2D eigenvalue weighted by molar-refractivity contribution is 5.81. The van der Waals surface area contributed by atoms with E-state index in [1.807, 2.05) is 30.3 Å². The number of fused-ring (bicyclic) bond motifs is 1. The largest absolute Gasteiger partial charge is 0.480 e. The summed E-state index contributed by atoms with van der Waals surface area (Å²) in [5.41, 5.74) is 3.36. The molecule has 1 aliphatic heterocycles. The van der Waals surface area contributed by atoms with Gasteiger partial charge in [-0.2, -0.15) is 0 Å². The predicted molar refractivity (Wildman–Crippen MR) is 90.8 cm³/mol. The van der Waals surface area contributed by atoms with Crippen LogP contribution in [0.2, 0.25) is 0 Å². The molecule has 0 aliphatic carbocycles. The van der Waals surface area contributed by atoms with Crippen LogP contribution in [0.25, 0.3) is 11.3 Å². The van der Waals surface area contributed by atoms with Gasteiger partial charge in [0.2, 0.25) is 0 Å². The van der Waals surface area contributed by atoms with E-state index < -0.39 is 6.10 Å². The Morgan fingerprint density at radius 1 is 1.20 bits per heavy atom. The number of benzene rings is 1. The molecule has 6 nitrogen and oxygen atoms in total. The van der Waals surface area contributed by atoms with Crippen LogP contribution in [0.1, 0.15) is 17.7 Å². The molecule has 1 aliphatic rings. The first kappa shape index (κ1) is 15.4. The first-order chi connectivity index (χ1) is 12.3. The van der Waals surface area contributed by atoms with Crippen molar-refractivity contribution >= 4 is 5.91 Å². The molecular formula is C19H17N3O3. The SMILES string of the molecule is O=C(NCc1nccnc1-c1ccoc1)[C@@H]1CCc2ccccc2O1. The minimum atomic E-state index is -0.482. The van der Waals surface area contributed by atoms with E-state index in [0.717, 1.165) is 23.3 Å². The van der Waals surface area contributed by atoms with Crippen molar-refractivity contribution in [3.8, 4) is 17.0 Å². The molecule has 0 saturated heterocycles. The molecule has 3 aromatic rings. The van der Waals surface area contributed by atoms with Crippen LogP contribution in [0.3, 0.4) is 0 Å². The zero-order chi connectivity index (χ0) is 17.1. The summed E-state index contributed by atoms with van der Waals surface area (Å²) >= 11 is 0. The maximum Gasteiger partial charge on any atom is 0.261 e. The molecule has 1 aromatic carbocycles. The maximum absolute atomic E-state index is 12.5. The topological polar surface area (TPSA) is 77.3 Å². The summed E-state index contributed by atoms with van der Waals surface area (Å²) in [5, 5.41) is 2.90. The van der Waals surface area contributed by atoms with Gasteiger partial charge in [0.25, 0.3) is 5.91 Å². The third-order valence-electron chi connectivity index (χ3n) is 4.21. The van der Waals surface area contributed by atoms with Gasteiger partial charge < -0.3 is 14.5 Å². The van der Waals surface area contributed by atoms with E-state index in [4.69, 9.17) is 9.15 Å². The van der Waals surface area contributed by atoms with Gasteiger partial charge in [-0.3, -0.25) is 14.8 Å². The number of furan rings is 1. The van der Waals surface area contributed by atoms with Crippen LogP contribution in [-0.4, -0.2) is 22.0 Å². The molecule has 25 heavy (non-hydrogen) atoms. The van der Waals surface area contributed by atoms with Gasteiger partial charge in [0.05, 0.1) is 30.5 Å². The molecule has 6 heteroatoms. The number of carbonyl (C=O) groups is 1. The Morgan fingerprint density at radius 3 is 2.96 bits per heavy atom. The van der Waals surface area contributed by atoms with Gasteiger partial charge in [-0.1, -0.05) is 18.2 Å². The van der Waals surface area contributed by atoms with E-state index >= 15 is 0 Å². The van der Waals surface area contributed by atoms with Crippen molar-refractivity contribution in [2.75, 3.05) is 0 Å². The number of aromatic nitrogens is 2. The van der Waals surface area contributed by atoms with Crippen molar-refractivity contribution in [1.82, 2.24) is 15.3 Å². The quantitative estimate of drug-likeness (QED) is 0.793. The van der Waals surface area contributed by atoms with E-state index in [1.54, 1.807) is 24.9 Å². The minimum Gasteiger partial charge on any atom is -0.480 e. The molecule has 0 fully saturated rings. The Bertz CT molecular complexity index is 877. The average molecular weight is 335 g/mol. The molecule has 126 valence electrons. The Labute approximate surface area is 144 Å². The molecule has 0 radical (unpaired) electrons.